The van der Waals surface area contributed by atoms with Crippen LogP contribution >= 0.6 is 34.2 Å². The van der Waals surface area contributed by atoms with Gasteiger partial charge in [0.25, 0.3) is 10.0 Å². The van der Waals surface area contributed by atoms with Crippen molar-refractivity contribution >= 4 is 61.7 Å². The average molecular weight is 682 g/mol. The Hall–Kier alpha value is -2.63. The number of nitrogens with one attached hydrogen (secondary N) is 1. The summed E-state index contributed by atoms with van der Waals surface area (Å²) in [6, 6.07) is 21.1. The smallest absolute Gasteiger partial charge is 0.264 e. The first-order chi connectivity index (χ1) is 18.3. The molecular weight excluding hydrogens is 649 g/mol. The van der Waals surface area contributed by atoms with Crippen molar-refractivity contribution in [3.05, 3.63) is 93.0 Å². The van der Waals surface area contributed by atoms with Crippen molar-refractivity contribution in [2.75, 3.05) is 10.8 Å². The van der Waals surface area contributed by atoms with Gasteiger partial charge in [-0.15, -0.1) is 0 Å². The second-order valence-electron chi connectivity index (χ2n) is 10.1. The van der Waals surface area contributed by atoms with Crippen molar-refractivity contribution in [1.29, 1.82) is 0 Å². The summed E-state index contributed by atoms with van der Waals surface area (Å²) in [6.45, 7) is 7.06. The maximum atomic E-state index is 14.0. The fraction of sp³-hybridized carbons (Fsp3) is 0.310. The largest absolute Gasteiger partial charge is 0.350 e. The summed E-state index contributed by atoms with van der Waals surface area (Å²) in [5, 5.41) is 3.51. The molecular formula is C29H33ClIN3O4S. The Labute approximate surface area is 249 Å². The number of rotatable bonds is 10. The van der Waals surface area contributed by atoms with Gasteiger partial charge in [0.1, 0.15) is 12.6 Å². The molecule has 0 saturated carbocycles. The first-order valence-electron chi connectivity index (χ1n) is 12.5. The Balaban J connectivity index is 2.05. The first-order valence-corrected chi connectivity index (χ1v) is 15.4. The van der Waals surface area contributed by atoms with Crippen LogP contribution in [-0.4, -0.2) is 43.3 Å². The Morgan fingerprint density at radius 3 is 2.08 bits per heavy atom. The molecule has 0 radical (unpaired) electrons. The number of halogens is 2. The predicted molar refractivity (Wildman–Crippen MR) is 164 cm³/mol. The van der Waals surface area contributed by atoms with Gasteiger partial charge < -0.3 is 10.2 Å². The van der Waals surface area contributed by atoms with E-state index >= 15 is 0 Å². The summed E-state index contributed by atoms with van der Waals surface area (Å²) >= 11 is 8.20. The molecule has 0 unspecified atom stereocenters. The van der Waals surface area contributed by atoms with Crippen LogP contribution < -0.4 is 9.62 Å². The SMILES string of the molecule is CC[C@@H](C(=O)NC(C)(C)C)N(Cc1ccc(Cl)cc1)C(=O)CN(c1ccc(I)cc1)S(=O)(=O)c1ccccc1. The third kappa shape index (κ3) is 8.43. The van der Waals surface area contributed by atoms with E-state index in [-0.39, 0.29) is 17.3 Å². The van der Waals surface area contributed by atoms with Crippen LogP contribution in [0.3, 0.4) is 0 Å². The summed E-state index contributed by atoms with van der Waals surface area (Å²) in [5.74, 6) is -0.807. The van der Waals surface area contributed by atoms with Gasteiger partial charge in [-0.1, -0.05) is 48.9 Å². The standard InChI is InChI=1S/C29H33ClIN3O4S/c1-5-26(28(36)32-29(2,3)4)33(19-21-11-13-22(30)14-12-21)27(35)20-34(24-17-15-23(31)16-18-24)39(37,38)25-9-7-6-8-10-25/h6-18,26H,5,19-20H2,1-4H3,(H,32,36)/t26-/m0/s1. The molecule has 0 aromatic heterocycles. The van der Waals surface area contributed by atoms with Gasteiger partial charge in [-0.3, -0.25) is 13.9 Å². The van der Waals surface area contributed by atoms with E-state index in [0.29, 0.717) is 17.1 Å². The Morgan fingerprint density at radius 2 is 1.54 bits per heavy atom. The third-order valence-corrected chi connectivity index (χ3v) is 8.63. The van der Waals surface area contributed by atoms with Gasteiger partial charge in [0.05, 0.1) is 10.6 Å². The minimum atomic E-state index is -4.09. The zero-order valence-electron chi connectivity index (χ0n) is 22.4. The summed E-state index contributed by atoms with van der Waals surface area (Å²) in [5.41, 5.74) is 0.608. The number of amides is 2. The van der Waals surface area contributed by atoms with E-state index in [9.17, 15) is 18.0 Å². The lowest BCUT2D eigenvalue weighted by atomic mass is 10.1. The van der Waals surface area contributed by atoms with E-state index < -0.39 is 34.1 Å². The highest BCUT2D eigenvalue weighted by Gasteiger charge is 2.34. The molecule has 0 saturated heterocycles. The van der Waals surface area contributed by atoms with Gasteiger partial charge >= 0.3 is 0 Å². The molecule has 0 aliphatic rings. The van der Waals surface area contributed by atoms with Gasteiger partial charge in [0.2, 0.25) is 11.8 Å². The lowest BCUT2D eigenvalue weighted by molar-refractivity contribution is -0.141. The van der Waals surface area contributed by atoms with E-state index in [0.717, 1.165) is 13.4 Å². The Bertz CT molecular complexity index is 1380. The highest BCUT2D eigenvalue weighted by Crippen LogP contribution is 2.26. The molecule has 1 N–H and O–H groups in total. The monoisotopic (exact) mass is 681 g/mol. The average Bonchev–Trinajstić information content (AvgIpc) is 2.88. The van der Waals surface area contributed by atoms with Crippen LogP contribution in [-0.2, 0) is 26.2 Å². The number of benzene rings is 3. The number of hydrogen-bond acceptors (Lipinski definition) is 4. The van der Waals surface area contributed by atoms with Crippen LogP contribution in [0.1, 0.15) is 39.7 Å². The van der Waals surface area contributed by atoms with Gasteiger partial charge in [0.15, 0.2) is 0 Å². The summed E-state index contributed by atoms with van der Waals surface area (Å²) in [4.78, 5) is 28.9. The lowest BCUT2D eigenvalue weighted by Crippen LogP contribution is -2.55. The zero-order chi connectivity index (χ0) is 28.8. The molecule has 3 aromatic rings. The van der Waals surface area contributed by atoms with Crippen molar-refractivity contribution < 1.29 is 18.0 Å². The highest BCUT2D eigenvalue weighted by molar-refractivity contribution is 14.1. The predicted octanol–water partition coefficient (Wildman–Crippen LogP) is 5.86. The van der Waals surface area contributed by atoms with E-state index in [1.54, 1.807) is 66.7 Å². The Kier molecular flexibility index (Phi) is 10.4. The molecule has 3 rings (SSSR count). The maximum absolute atomic E-state index is 14.0. The normalized spacial score (nSPS) is 12.5. The molecule has 2 amide bonds. The molecule has 0 aliphatic carbocycles. The van der Waals surface area contributed by atoms with E-state index in [2.05, 4.69) is 27.9 Å². The molecule has 1 atom stereocenters. The molecule has 10 heteroatoms. The fourth-order valence-electron chi connectivity index (χ4n) is 4.01. The van der Waals surface area contributed by atoms with E-state index in [1.807, 2.05) is 27.7 Å². The second kappa shape index (κ2) is 13.1. The zero-order valence-corrected chi connectivity index (χ0v) is 26.1. The lowest BCUT2D eigenvalue weighted by Gasteiger charge is -2.34. The van der Waals surface area contributed by atoms with Crippen LogP contribution in [0.15, 0.2) is 83.8 Å². The molecule has 0 spiro atoms. The molecule has 0 fully saturated rings. The van der Waals surface area contributed by atoms with E-state index in [4.69, 9.17) is 11.6 Å². The number of sulfonamides is 1. The minimum Gasteiger partial charge on any atom is -0.350 e. The molecule has 0 bridgehead atoms. The molecule has 208 valence electrons. The number of nitrogens with zero attached hydrogens (tertiary/aromatic N) is 2. The number of hydrogen-bond donors (Lipinski definition) is 1. The van der Waals surface area contributed by atoms with E-state index in [1.165, 1.54) is 17.0 Å². The number of carbonyl (C=O) groups excluding carboxylic acids is 2. The van der Waals surface area contributed by atoms with Crippen LogP contribution in [0.5, 0.6) is 0 Å². The first kappa shape index (κ1) is 30.9. The van der Waals surface area contributed by atoms with Crippen molar-refractivity contribution in [3.63, 3.8) is 0 Å². The van der Waals surface area contributed by atoms with Crippen molar-refractivity contribution in [1.82, 2.24) is 10.2 Å². The van der Waals surface area contributed by atoms with Gasteiger partial charge in [-0.05, 0) is 104 Å². The second-order valence-corrected chi connectivity index (χ2v) is 13.7. The minimum absolute atomic E-state index is 0.0677. The van der Waals surface area contributed by atoms with Crippen LogP contribution in [0.4, 0.5) is 5.69 Å². The molecule has 39 heavy (non-hydrogen) atoms. The van der Waals surface area contributed by atoms with Crippen LogP contribution in [0.25, 0.3) is 0 Å². The van der Waals surface area contributed by atoms with Crippen LogP contribution in [0.2, 0.25) is 5.02 Å². The third-order valence-electron chi connectivity index (χ3n) is 5.87. The van der Waals surface area contributed by atoms with Gasteiger partial charge in [0, 0.05) is 20.7 Å². The Morgan fingerprint density at radius 1 is 0.949 bits per heavy atom. The summed E-state index contributed by atoms with van der Waals surface area (Å²) in [6.07, 6.45) is 0.343. The van der Waals surface area contributed by atoms with Gasteiger partial charge in [-0.2, -0.15) is 0 Å². The van der Waals surface area contributed by atoms with Crippen molar-refractivity contribution in [2.45, 2.75) is 57.1 Å². The number of anilines is 1. The highest BCUT2D eigenvalue weighted by atomic mass is 127. The molecule has 3 aromatic carbocycles. The molecule has 7 nitrogen and oxygen atoms in total. The van der Waals surface area contributed by atoms with Crippen molar-refractivity contribution in [2.24, 2.45) is 0 Å². The molecule has 0 aliphatic heterocycles. The summed E-state index contributed by atoms with van der Waals surface area (Å²) < 4.78 is 29.6. The topological polar surface area (TPSA) is 86.8 Å². The van der Waals surface area contributed by atoms with Crippen LogP contribution in [0, 0.1) is 3.57 Å². The fourth-order valence-corrected chi connectivity index (χ4v) is 5.94. The quantitative estimate of drug-likeness (QED) is 0.272. The van der Waals surface area contributed by atoms with Crippen molar-refractivity contribution in [3.8, 4) is 0 Å². The maximum Gasteiger partial charge on any atom is 0.264 e. The number of carbonyl (C=O) groups is 2. The molecule has 0 heterocycles. The summed E-state index contributed by atoms with van der Waals surface area (Å²) in [7, 11) is -4.09. The van der Waals surface area contributed by atoms with Gasteiger partial charge in [-0.25, -0.2) is 8.42 Å².